The third-order valence-corrected chi connectivity index (χ3v) is 4.19. The fourth-order valence-corrected chi connectivity index (χ4v) is 3.98. The van der Waals surface area contributed by atoms with Gasteiger partial charge < -0.3 is 15.7 Å². The van der Waals surface area contributed by atoms with Crippen LogP contribution in [0, 0.1) is 0 Å². The van der Waals surface area contributed by atoms with Crippen molar-refractivity contribution in [2.45, 2.75) is 0 Å². The molecule has 0 saturated carbocycles. The second-order valence-electron chi connectivity index (χ2n) is 3.26. The van der Waals surface area contributed by atoms with Crippen molar-refractivity contribution in [1.82, 2.24) is 4.90 Å². The number of carboxylic acid groups (broad SMARTS) is 1. The Morgan fingerprint density at radius 1 is 1.33 bits per heavy atom. The average Bonchev–Trinajstić information content (AvgIpc) is 2.54. The summed E-state index contributed by atoms with van der Waals surface area (Å²) in [6, 6.07) is 1.55. The first-order valence-electron chi connectivity index (χ1n) is 4.55. The highest BCUT2D eigenvalue weighted by Gasteiger charge is 2.23. The molecule has 1 rings (SSSR count). The Morgan fingerprint density at radius 3 is 2.33 bits per heavy atom. The maximum Gasteiger partial charge on any atom is 0.323 e. The maximum absolute atomic E-state index is 12.1. The molecule has 0 aliphatic heterocycles. The van der Waals surface area contributed by atoms with E-state index in [1.165, 1.54) is 11.3 Å². The van der Waals surface area contributed by atoms with Crippen LogP contribution in [0.15, 0.2) is 13.6 Å². The zero-order valence-corrected chi connectivity index (χ0v) is 12.8. The standard InChI is InChI=1S/C9H8Br2N2O4S/c10-5-1-4(8(11)18-5)9(17)13(2-6(12)14)3-7(15)16/h1H,2-3H2,(H2,12,14)(H,15,16). The smallest absolute Gasteiger partial charge is 0.323 e. The van der Waals surface area contributed by atoms with E-state index in [-0.39, 0.29) is 5.56 Å². The largest absolute Gasteiger partial charge is 0.480 e. The van der Waals surface area contributed by atoms with Gasteiger partial charge in [-0.3, -0.25) is 14.4 Å². The number of primary amides is 1. The molecule has 6 nitrogen and oxygen atoms in total. The predicted molar refractivity (Wildman–Crippen MR) is 72.5 cm³/mol. The Balaban J connectivity index is 2.97. The number of rotatable bonds is 5. The molecule has 0 fully saturated rings. The van der Waals surface area contributed by atoms with Gasteiger partial charge in [0.15, 0.2) is 0 Å². The van der Waals surface area contributed by atoms with E-state index in [4.69, 9.17) is 10.8 Å². The van der Waals surface area contributed by atoms with Crippen molar-refractivity contribution in [2.24, 2.45) is 5.73 Å². The predicted octanol–water partition coefficient (Wildman–Crippen LogP) is 1.29. The molecule has 0 bridgehead atoms. The quantitative estimate of drug-likeness (QED) is 0.778. The van der Waals surface area contributed by atoms with Crippen LogP contribution in [0.3, 0.4) is 0 Å². The SMILES string of the molecule is NC(=O)CN(CC(=O)O)C(=O)c1cc(Br)sc1Br. The van der Waals surface area contributed by atoms with Gasteiger partial charge in [0, 0.05) is 0 Å². The number of thiophene rings is 1. The number of hydrogen-bond donors (Lipinski definition) is 2. The zero-order valence-electron chi connectivity index (χ0n) is 8.85. The Morgan fingerprint density at radius 2 is 1.94 bits per heavy atom. The Bertz CT molecular complexity index is 487. The lowest BCUT2D eigenvalue weighted by Crippen LogP contribution is -2.41. The number of aliphatic carboxylic acids is 1. The third kappa shape index (κ3) is 4.07. The van der Waals surface area contributed by atoms with E-state index >= 15 is 0 Å². The average molecular weight is 400 g/mol. The van der Waals surface area contributed by atoms with E-state index < -0.39 is 30.9 Å². The molecule has 0 atom stereocenters. The Hall–Kier alpha value is -0.930. The van der Waals surface area contributed by atoms with Crippen LogP contribution < -0.4 is 5.73 Å². The second-order valence-corrected chi connectivity index (χ2v) is 7.01. The fraction of sp³-hybridized carbons (Fsp3) is 0.222. The van der Waals surface area contributed by atoms with Crippen molar-refractivity contribution >= 4 is 61.0 Å². The van der Waals surface area contributed by atoms with Gasteiger partial charge in [-0.25, -0.2) is 0 Å². The molecule has 0 saturated heterocycles. The molecule has 0 aliphatic rings. The minimum absolute atomic E-state index is 0.286. The molecular formula is C9H8Br2N2O4S. The lowest BCUT2D eigenvalue weighted by molar-refractivity contribution is -0.138. The van der Waals surface area contributed by atoms with Crippen molar-refractivity contribution in [1.29, 1.82) is 0 Å². The minimum atomic E-state index is -1.21. The fourth-order valence-electron chi connectivity index (χ4n) is 1.21. The molecule has 0 radical (unpaired) electrons. The van der Waals surface area contributed by atoms with Crippen molar-refractivity contribution in [3.63, 3.8) is 0 Å². The summed E-state index contributed by atoms with van der Waals surface area (Å²) in [6.45, 7) is -1.02. The monoisotopic (exact) mass is 398 g/mol. The van der Waals surface area contributed by atoms with Crippen molar-refractivity contribution in [3.05, 3.63) is 19.2 Å². The van der Waals surface area contributed by atoms with Gasteiger partial charge >= 0.3 is 5.97 Å². The molecule has 0 aliphatic carbocycles. The lowest BCUT2D eigenvalue weighted by atomic mass is 10.3. The van der Waals surface area contributed by atoms with Gasteiger partial charge in [-0.1, -0.05) is 0 Å². The molecule has 1 aromatic rings. The van der Waals surface area contributed by atoms with Crippen LogP contribution in [0.1, 0.15) is 10.4 Å². The highest BCUT2D eigenvalue weighted by atomic mass is 79.9. The summed E-state index contributed by atoms with van der Waals surface area (Å²) in [6.07, 6.45) is 0. The number of amides is 2. The van der Waals surface area contributed by atoms with Crippen LogP contribution in [-0.4, -0.2) is 40.9 Å². The van der Waals surface area contributed by atoms with Crippen molar-refractivity contribution < 1.29 is 19.5 Å². The van der Waals surface area contributed by atoms with Crippen molar-refractivity contribution in [2.75, 3.05) is 13.1 Å². The number of carbonyl (C=O) groups is 3. The number of nitrogens with two attached hydrogens (primary N) is 1. The third-order valence-electron chi connectivity index (χ3n) is 1.85. The van der Waals surface area contributed by atoms with Crippen LogP contribution in [0.4, 0.5) is 0 Å². The van der Waals surface area contributed by atoms with E-state index in [1.807, 2.05) is 0 Å². The summed E-state index contributed by atoms with van der Waals surface area (Å²) in [5.41, 5.74) is 5.27. The van der Waals surface area contributed by atoms with E-state index in [9.17, 15) is 14.4 Å². The van der Waals surface area contributed by atoms with Crippen LogP contribution in [-0.2, 0) is 9.59 Å². The van der Waals surface area contributed by atoms with E-state index in [1.54, 1.807) is 6.07 Å². The van der Waals surface area contributed by atoms with E-state index in [0.717, 1.165) is 4.90 Å². The van der Waals surface area contributed by atoms with Gasteiger partial charge in [-0.15, -0.1) is 11.3 Å². The molecule has 9 heteroatoms. The Labute approximate surface area is 123 Å². The minimum Gasteiger partial charge on any atom is -0.480 e. The highest BCUT2D eigenvalue weighted by molar-refractivity contribution is 9.12. The number of nitrogens with zero attached hydrogens (tertiary/aromatic N) is 1. The second kappa shape index (κ2) is 6.30. The highest BCUT2D eigenvalue weighted by Crippen LogP contribution is 2.32. The molecule has 0 aromatic carbocycles. The molecule has 1 heterocycles. The molecule has 3 N–H and O–H groups in total. The van der Waals surface area contributed by atoms with Crippen molar-refractivity contribution in [3.8, 4) is 0 Å². The van der Waals surface area contributed by atoms with Crippen LogP contribution in [0.5, 0.6) is 0 Å². The van der Waals surface area contributed by atoms with Crippen LogP contribution >= 0.6 is 43.2 Å². The summed E-state index contributed by atoms with van der Waals surface area (Å²) in [5, 5.41) is 8.70. The Kier molecular flexibility index (Phi) is 5.29. The topological polar surface area (TPSA) is 101 Å². The van der Waals surface area contributed by atoms with Gasteiger partial charge in [0.2, 0.25) is 5.91 Å². The van der Waals surface area contributed by atoms with E-state index in [0.29, 0.717) is 7.57 Å². The molecular weight excluding hydrogens is 392 g/mol. The van der Waals surface area contributed by atoms with Gasteiger partial charge in [0.25, 0.3) is 5.91 Å². The summed E-state index contributed by atoms with van der Waals surface area (Å²) < 4.78 is 1.27. The summed E-state index contributed by atoms with van der Waals surface area (Å²) in [7, 11) is 0. The number of hydrogen-bond acceptors (Lipinski definition) is 4. The van der Waals surface area contributed by atoms with Gasteiger partial charge in [-0.05, 0) is 37.9 Å². The molecule has 0 unspecified atom stereocenters. The molecule has 2 amide bonds. The lowest BCUT2D eigenvalue weighted by Gasteiger charge is -2.18. The number of carboxylic acids is 1. The summed E-state index contributed by atoms with van der Waals surface area (Å²) in [4.78, 5) is 34.4. The summed E-state index contributed by atoms with van der Waals surface area (Å²) >= 11 is 7.68. The number of halogens is 2. The van der Waals surface area contributed by atoms with E-state index in [2.05, 4.69) is 31.9 Å². The normalized spacial score (nSPS) is 10.1. The number of carbonyl (C=O) groups excluding carboxylic acids is 2. The van der Waals surface area contributed by atoms with Crippen LogP contribution in [0.2, 0.25) is 0 Å². The molecule has 0 spiro atoms. The first-order valence-corrected chi connectivity index (χ1v) is 6.95. The molecule has 98 valence electrons. The molecule has 18 heavy (non-hydrogen) atoms. The van der Waals surface area contributed by atoms with Crippen LogP contribution in [0.25, 0.3) is 0 Å². The molecule has 1 aromatic heterocycles. The first kappa shape index (κ1) is 15.1. The zero-order chi connectivity index (χ0) is 13.9. The van der Waals surface area contributed by atoms with Gasteiger partial charge in [-0.2, -0.15) is 0 Å². The van der Waals surface area contributed by atoms with Gasteiger partial charge in [0.05, 0.1) is 13.1 Å². The maximum atomic E-state index is 12.1. The summed E-state index contributed by atoms with van der Waals surface area (Å²) in [5.74, 6) is -2.55. The first-order chi connectivity index (χ1) is 8.31. The van der Waals surface area contributed by atoms with Gasteiger partial charge in [0.1, 0.15) is 13.1 Å².